The van der Waals surface area contributed by atoms with E-state index in [9.17, 15) is 9.90 Å². The Labute approximate surface area is 92.9 Å². The Kier molecular flexibility index (Phi) is 3.98. The lowest BCUT2D eigenvalue weighted by Gasteiger charge is -2.15. The minimum absolute atomic E-state index is 0.185. The van der Waals surface area contributed by atoms with Gasteiger partial charge in [-0.15, -0.1) is 5.10 Å². The Hall–Kier alpha value is -0.750. The third-order valence-electron chi connectivity index (χ3n) is 1.72. The highest BCUT2D eigenvalue weighted by Crippen LogP contribution is 2.19. The third-order valence-corrected chi connectivity index (χ3v) is 3.15. The zero-order chi connectivity index (χ0) is 11.5. The smallest absolute Gasteiger partial charge is 0.343 e. The van der Waals surface area contributed by atoms with Crippen LogP contribution in [0.4, 0.5) is 0 Å². The van der Waals surface area contributed by atoms with E-state index in [0.717, 1.165) is 6.42 Å². The quantitative estimate of drug-likeness (QED) is 0.737. The van der Waals surface area contributed by atoms with Crippen LogP contribution in [0.5, 0.6) is 0 Å². The summed E-state index contributed by atoms with van der Waals surface area (Å²) in [6, 6.07) is 0. The first kappa shape index (κ1) is 12.3. The number of hydrogen-bond donors (Lipinski definition) is 2. The first-order valence-electron chi connectivity index (χ1n) is 4.94. The van der Waals surface area contributed by atoms with Crippen LogP contribution in [-0.4, -0.2) is 31.2 Å². The topological polar surface area (TPSA) is 70.9 Å². The molecule has 0 unspecified atom stereocenters. The van der Waals surface area contributed by atoms with Gasteiger partial charge >= 0.3 is 5.69 Å². The molecule has 5 nitrogen and oxygen atoms in total. The van der Waals surface area contributed by atoms with Crippen LogP contribution in [0.15, 0.2) is 9.95 Å². The van der Waals surface area contributed by atoms with Crippen molar-refractivity contribution in [2.24, 2.45) is 0 Å². The molecule has 0 saturated carbocycles. The van der Waals surface area contributed by atoms with E-state index in [2.05, 4.69) is 10.2 Å². The van der Waals surface area contributed by atoms with Gasteiger partial charge in [-0.3, -0.25) is 4.57 Å². The average molecular weight is 231 g/mol. The fraction of sp³-hybridized carbons (Fsp3) is 0.778. The zero-order valence-corrected chi connectivity index (χ0v) is 10.1. The van der Waals surface area contributed by atoms with E-state index < -0.39 is 5.60 Å². The Morgan fingerprint density at radius 1 is 1.60 bits per heavy atom. The molecule has 1 heterocycles. The number of nitrogens with zero attached hydrogens (tertiary/aromatic N) is 2. The number of thioether (sulfide) groups is 1. The van der Waals surface area contributed by atoms with Crippen molar-refractivity contribution in [3.8, 4) is 0 Å². The fourth-order valence-electron chi connectivity index (χ4n) is 1.08. The highest BCUT2D eigenvalue weighted by molar-refractivity contribution is 7.99. The molecule has 15 heavy (non-hydrogen) atoms. The molecule has 0 fully saturated rings. The van der Waals surface area contributed by atoms with Crippen LogP contribution in [0, 0.1) is 0 Å². The van der Waals surface area contributed by atoms with Gasteiger partial charge in [0, 0.05) is 12.3 Å². The molecule has 1 aromatic heterocycles. The average Bonchev–Trinajstić information content (AvgIpc) is 2.45. The monoisotopic (exact) mass is 231 g/mol. The Morgan fingerprint density at radius 3 is 2.80 bits per heavy atom. The van der Waals surface area contributed by atoms with Gasteiger partial charge in [0.2, 0.25) is 0 Å². The molecule has 0 amide bonds. The number of rotatable bonds is 5. The summed E-state index contributed by atoms with van der Waals surface area (Å²) in [6.07, 6.45) is 0.884. The van der Waals surface area contributed by atoms with Crippen molar-refractivity contribution >= 4 is 11.8 Å². The van der Waals surface area contributed by atoms with Crippen molar-refractivity contribution in [2.45, 2.75) is 44.5 Å². The summed E-state index contributed by atoms with van der Waals surface area (Å²) in [5.41, 5.74) is -0.938. The second-order valence-electron chi connectivity index (χ2n) is 4.06. The summed E-state index contributed by atoms with van der Waals surface area (Å²) in [5, 5.41) is 16.5. The first-order chi connectivity index (χ1) is 6.94. The number of aliphatic hydroxyl groups is 1. The molecular weight excluding hydrogens is 214 g/mol. The molecule has 0 aliphatic heterocycles. The zero-order valence-electron chi connectivity index (χ0n) is 9.28. The maximum Gasteiger partial charge on any atom is 0.343 e. The van der Waals surface area contributed by atoms with Crippen molar-refractivity contribution < 1.29 is 5.11 Å². The van der Waals surface area contributed by atoms with Gasteiger partial charge in [-0.2, -0.15) is 0 Å². The summed E-state index contributed by atoms with van der Waals surface area (Å²) in [6.45, 7) is 6.12. The lowest BCUT2D eigenvalue weighted by Crippen LogP contribution is -2.23. The molecule has 0 spiro atoms. The Balaban J connectivity index is 2.73. The molecule has 1 aromatic rings. The van der Waals surface area contributed by atoms with E-state index in [0.29, 0.717) is 17.5 Å². The largest absolute Gasteiger partial charge is 0.390 e. The van der Waals surface area contributed by atoms with Crippen molar-refractivity contribution in [1.29, 1.82) is 0 Å². The lowest BCUT2D eigenvalue weighted by molar-refractivity contribution is 0.107. The second kappa shape index (κ2) is 4.85. The van der Waals surface area contributed by atoms with Crippen LogP contribution < -0.4 is 5.69 Å². The molecule has 86 valence electrons. The second-order valence-corrected chi connectivity index (χ2v) is 5.01. The number of hydrogen-bond acceptors (Lipinski definition) is 4. The van der Waals surface area contributed by atoms with Crippen LogP contribution >= 0.6 is 11.8 Å². The SMILES string of the molecule is CCCn1c(SCC(C)(C)O)n[nH]c1=O. The van der Waals surface area contributed by atoms with E-state index in [1.807, 2.05) is 6.92 Å². The third kappa shape index (κ3) is 3.71. The standard InChI is InChI=1S/C9H17N3O2S/c1-4-5-12-7(13)10-11-8(12)15-6-9(2,3)14/h14H,4-6H2,1-3H3,(H,10,13). The molecule has 0 radical (unpaired) electrons. The predicted octanol–water partition coefficient (Wildman–Crippen LogP) is 0.844. The van der Waals surface area contributed by atoms with Gasteiger partial charge in [-0.25, -0.2) is 9.89 Å². The van der Waals surface area contributed by atoms with Gasteiger partial charge < -0.3 is 5.11 Å². The van der Waals surface area contributed by atoms with E-state index in [4.69, 9.17) is 0 Å². The minimum atomic E-state index is -0.753. The van der Waals surface area contributed by atoms with Crippen molar-refractivity contribution in [1.82, 2.24) is 14.8 Å². The fourth-order valence-corrected chi connectivity index (χ4v) is 2.00. The summed E-state index contributed by atoms with van der Waals surface area (Å²) < 4.78 is 1.59. The molecule has 0 bridgehead atoms. The van der Waals surface area contributed by atoms with Crippen LogP contribution in [0.25, 0.3) is 0 Å². The summed E-state index contributed by atoms with van der Waals surface area (Å²) in [4.78, 5) is 11.3. The van der Waals surface area contributed by atoms with Crippen LogP contribution in [0.1, 0.15) is 27.2 Å². The number of aromatic nitrogens is 3. The maximum absolute atomic E-state index is 11.3. The molecule has 2 N–H and O–H groups in total. The van der Waals surface area contributed by atoms with Crippen molar-refractivity contribution in [3.63, 3.8) is 0 Å². The van der Waals surface area contributed by atoms with Crippen LogP contribution in [-0.2, 0) is 6.54 Å². The number of aromatic amines is 1. The molecule has 0 saturated heterocycles. The summed E-state index contributed by atoms with van der Waals surface area (Å²) in [5.74, 6) is 0.515. The van der Waals surface area contributed by atoms with E-state index >= 15 is 0 Å². The van der Waals surface area contributed by atoms with Crippen LogP contribution in [0.2, 0.25) is 0 Å². The molecule has 0 aromatic carbocycles. The predicted molar refractivity (Wildman–Crippen MR) is 60.2 cm³/mol. The summed E-state index contributed by atoms with van der Waals surface area (Å²) >= 11 is 1.39. The van der Waals surface area contributed by atoms with Gasteiger partial charge in [-0.05, 0) is 20.3 Å². The minimum Gasteiger partial charge on any atom is -0.390 e. The molecule has 0 aliphatic carbocycles. The molecular formula is C9H17N3O2S. The van der Waals surface area contributed by atoms with Gasteiger partial charge in [-0.1, -0.05) is 18.7 Å². The van der Waals surface area contributed by atoms with Gasteiger partial charge in [0.1, 0.15) is 0 Å². The Bertz CT molecular complexity index is 364. The molecule has 0 atom stereocenters. The highest BCUT2D eigenvalue weighted by atomic mass is 32.2. The molecule has 0 aliphatic rings. The lowest BCUT2D eigenvalue weighted by atomic mass is 10.2. The van der Waals surface area contributed by atoms with Gasteiger partial charge in [0.15, 0.2) is 5.16 Å². The van der Waals surface area contributed by atoms with Gasteiger partial charge in [0.05, 0.1) is 5.60 Å². The first-order valence-corrected chi connectivity index (χ1v) is 5.93. The molecule has 6 heteroatoms. The van der Waals surface area contributed by atoms with Gasteiger partial charge in [0.25, 0.3) is 0 Å². The number of nitrogens with one attached hydrogen (secondary N) is 1. The normalized spacial score (nSPS) is 12.0. The molecule has 1 rings (SSSR count). The Morgan fingerprint density at radius 2 is 2.27 bits per heavy atom. The van der Waals surface area contributed by atoms with E-state index in [1.165, 1.54) is 11.8 Å². The highest BCUT2D eigenvalue weighted by Gasteiger charge is 2.16. The summed E-state index contributed by atoms with van der Waals surface area (Å²) in [7, 11) is 0. The van der Waals surface area contributed by atoms with Crippen molar-refractivity contribution in [3.05, 3.63) is 10.5 Å². The van der Waals surface area contributed by atoms with E-state index in [1.54, 1.807) is 18.4 Å². The maximum atomic E-state index is 11.3. The number of H-pyrrole nitrogens is 1. The van der Waals surface area contributed by atoms with E-state index in [-0.39, 0.29) is 5.69 Å². The van der Waals surface area contributed by atoms with Crippen LogP contribution in [0.3, 0.4) is 0 Å². The van der Waals surface area contributed by atoms with Crippen molar-refractivity contribution in [2.75, 3.05) is 5.75 Å².